The van der Waals surface area contributed by atoms with E-state index in [4.69, 9.17) is 0 Å². The molecule has 1 aliphatic heterocycles. The van der Waals surface area contributed by atoms with Crippen molar-refractivity contribution >= 4 is 11.4 Å². The number of aromatic nitrogens is 1. The quantitative estimate of drug-likeness (QED) is 0.611. The Morgan fingerprint density at radius 2 is 2.42 bits per heavy atom. The molecule has 1 aliphatic rings. The molecule has 0 saturated heterocycles. The molecule has 3 nitrogen and oxygen atoms in total. The zero-order chi connectivity index (χ0) is 8.39. The van der Waals surface area contributed by atoms with Crippen LogP contribution >= 0.6 is 0 Å². The molecular formula is C9H13N3. The van der Waals surface area contributed by atoms with Crippen molar-refractivity contribution in [1.29, 1.82) is 0 Å². The van der Waals surface area contributed by atoms with Gasteiger partial charge in [0, 0.05) is 18.8 Å². The third-order valence-corrected chi connectivity index (χ3v) is 2.12. The summed E-state index contributed by atoms with van der Waals surface area (Å²) in [4.78, 5) is 4.06. The van der Waals surface area contributed by atoms with Gasteiger partial charge in [0.15, 0.2) is 0 Å². The summed E-state index contributed by atoms with van der Waals surface area (Å²) < 4.78 is 0. The van der Waals surface area contributed by atoms with Crippen LogP contribution in [0.2, 0.25) is 0 Å². The first-order chi connectivity index (χ1) is 5.86. The predicted octanol–water partition coefficient (Wildman–Crippen LogP) is 1.70. The molecule has 0 spiro atoms. The number of nitrogens with zero attached hydrogens (tertiary/aromatic N) is 1. The molecule has 0 saturated carbocycles. The van der Waals surface area contributed by atoms with Crippen molar-refractivity contribution in [3.05, 3.63) is 18.5 Å². The summed E-state index contributed by atoms with van der Waals surface area (Å²) in [7, 11) is 0. The fourth-order valence-electron chi connectivity index (χ4n) is 1.42. The van der Waals surface area contributed by atoms with Crippen LogP contribution in [-0.4, -0.2) is 17.6 Å². The molecule has 0 fully saturated rings. The van der Waals surface area contributed by atoms with Gasteiger partial charge in [0.2, 0.25) is 0 Å². The Kier molecular flexibility index (Phi) is 1.86. The average Bonchev–Trinajstić information content (AvgIpc) is 2.25. The van der Waals surface area contributed by atoms with E-state index in [0.717, 1.165) is 24.3 Å². The van der Waals surface area contributed by atoms with Crippen LogP contribution in [0, 0.1) is 0 Å². The van der Waals surface area contributed by atoms with Crippen LogP contribution in [0.4, 0.5) is 11.4 Å². The van der Waals surface area contributed by atoms with Crippen molar-refractivity contribution in [3.63, 3.8) is 0 Å². The van der Waals surface area contributed by atoms with Crippen molar-refractivity contribution < 1.29 is 0 Å². The summed E-state index contributed by atoms with van der Waals surface area (Å²) >= 11 is 0. The second-order valence-electron chi connectivity index (χ2n) is 3.18. The van der Waals surface area contributed by atoms with Gasteiger partial charge in [0.05, 0.1) is 17.6 Å². The minimum Gasteiger partial charge on any atom is -0.382 e. The molecule has 0 amide bonds. The number of rotatable bonds is 0. The lowest BCUT2D eigenvalue weighted by atomic mass is 10.2. The Morgan fingerprint density at radius 1 is 1.50 bits per heavy atom. The minimum atomic E-state index is 0.543. The molecule has 1 atom stereocenters. The van der Waals surface area contributed by atoms with Crippen molar-refractivity contribution in [3.8, 4) is 0 Å². The van der Waals surface area contributed by atoms with E-state index in [0.29, 0.717) is 6.04 Å². The SMILES string of the molecule is CC1CCNc2cnccc2N1. The Hall–Kier alpha value is -1.25. The largest absolute Gasteiger partial charge is 0.382 e. The highest BCUT2D eigenvalue weighted by Gasteiger charge is 2.09. The Bertz CT molecular complexity index is 272. The molecule has 0 radical (unpaired) electrons. The van der Waals surface area contributed by atoms with Gasteiger partial charge < -0.3 is 10.6 Å². The first-order valence-electron chi connectivity index (χ1n) is 4.30. The monoisotopic (exact) mass is 163 g/mol. The smallest absolute Gasteiger partial charge is 0.0762 e. The van der Waals surface area contributed by atoms with Crippen LogP contribution in [0.5, 0.6) is 0 Å². The van der Waals surface area contributed by atoms with Crippen LogP contribution in [0.3, 0.4) is 0 Å². The number of pyridine rings is 1. The number of anilines is 2. The predicted molar refractivity (Wildman–Crippen MR) is 50.4 cm³/mol. The maximum Gasteiger partial charge on any atom is 0.0762 e. The van der Waals surface area contributed by atoms with Gasteiger partial charge in [0.25, 0.3) is 0 Å². The van der Waals surface area contributed by atoms with Crippen LogP contribution in [-0.2, 0) is 0 Å². The van der Waals surface area contributed by atoms with Gasteiger partial charge in [-0.15, -0.1) is 0 Å². The van der Waals surface area contributed by atoms with Crippen LogP contribution < -0.4 is 10.6 Å². The van der Waals surface area contributed by atoms with Crippen molar-refractivity contribution in [1.82, 2.24) is 4.98 Å². The van der Waals surface area contributed by atoms with E-state index >= 15 is 0 Å². The van der Waals surface area contributed by atoms with Gasteiger partial charge in [-0.2, -0.15) is 0 Å². The van der Waals surface area contributed by atoms with E-state index < -0.39 is 0 Å². The molecule has 0 aromatic carbocycles. The number of hydrogen-bond acceptors (Lipinski definition) is 3. The summed E-state index contributed by atoms with van der Waals surface area (Å²) in [6.07, 6.45) is 4.82. The zero-order valence-corrected chi connectivity index (χ0v) is 7.17. The molecule has 64 valence electrons. The number of fused-ring (bicyclic) bond motifs is 1. The number of nitrogens with one attached hydrogen (secondary N) is 2. The van der Waals surface area contributed by atoms with Crippen LogP contribution in [0.1, 0.15) is 13.3 Å². The lowest BCUT2D eigenvalue weighted by Gasteiger charge is -2.10. The molecule has 2 rings (SSSR count). The van der Waals surface area contributed by atoms with E-state index in [2.05, 4.69) is 22.5 Å². The molecule has 0 aliphatic carbocycles. The average molecular weight is 163 g/mol. The summed E-state index contributed by atoms with van der Waals surface area (Å²) in [5, 5.41) is 6.75. The minimum absolute atomic E-state index is 0.543. The van der Waals surface area contributed by atoms with Gasteiger partial charge in [-0.1, -0.05) is 0 Å². The Morgan fingerprint density at radius 3 is 3.33 bits per heavy atom. The highest BCUT2D eigenvalue weighted by Crippen LogP contribution is 2.23. The highest BCUT2D eigenvalue weighted by atomic mass is 15.0. The topological polar surface area (TPSA) is 37.0 Å². The van der Waals surface area contributed by atoms with Crippen LogP contribution in [0.25, 0.3) is 0 Å². The molecule has 12 heavy (non-hydrogen) atoms. The highest BCUT2D eigenvalue weighted by molar-refractivity contribution is 5.68. The Balaban J connectivity index is 2.31. The maximum absolute atomic E-state index is 4.06. The lowest BCUT2D eigenvalue weighted by molar-refractivity contribution is 0.745. The summed E-state index contributed by atoms with van der Waals surface area (Å²) in [5.41, 5.74) is 2.27. The molecule has 1 aromatic heterocycles. The normalized spacial score (nSPS) is 21.6. The Labute approximate surface area is 72.2 Å². The molecule has 2 heterocycles. The molecular weight excluding hydrogens is 150 g/mol. The maximum atomic E-state index is 4.06. The third-order valence-electron chi connectivity index (χ3n) is 2.12. The number of hydrogen-bond donors (Lipinski definition) is 2. The van der Waals surface area contributed by atoms with Gasteiger partial charge in [0.1, 0.15) is 0 Å². The van der Waals surface area contributed by atoms with E-state index in [-0.39, 0.29) is 0 Å². The van der Waals surface area contributed by atoms with Gasteiger partial charge in [-0.25, -0.2) is 0 Å². The first kappa shape index (κ1) is 7.40. The third kappa shape index (κ3) is 1.35. The fourth-order valence-corrected chi connectivity index (χ4v) is 1.42. The van der Waals surface area contributed by atoms with E-state index in [1.807, 2.05) is 18.5 Å². The molecule has 0 bridgehead atoms. The zero-order valence-electron chi connectivity index (χ0n) is 7.17. The molecule has 2 N–H and O–H groups in total. The van der Waals surface area contributed by atoms with Crippen LogP contribution in [0.15, 0.2) is 18.5 Å². The van der Waals surface area contributed by atoms with Gasteiger partial charge in [-0.05, 0) is 19.4 Å². The van der Waals surface area contributed by atoms with Gasteiger partial charge >= 0.3 is 0 Å². The van der Waals surface area contributed by atoms with Crippen molar-refractivity contribution in [2.45, 2.75) is 19.4 Å². The van der Waals surface area contributed by atoms with Crippen molar-refractivity contribution in [2.24, 2.45) is 0 Å². The van der Waals surface area contributed by atoms with Crippen molar-refractivity contribution in [2.75, 3.05) is 17.2 Å². The molecule has 3 heteroatoms. The first-order valence-corrected chi connectivity index (χ1v) is 4.30. The van der Waals surface area contributed by atoms with E-state index in [1.165, 1.54) is 0 Å². The molecule has 1 unspecified atom stereocenters. The summed E-state index contributed by atoms with van der Waals surface area (Å²) in [6, 6.07) is 2.55. The standard InChI is InChI=1S/C9H13N3/c1-7-2-5-11-9-6-10-4-3-8(9)12-7/h3-4,6-7,11-12H,2,5H2,1H3. The summed E-state index contributed by atoms with van der Waals surface area (Å²) in [5.74, 6) is 0. The summed E-state index contributed by atoms with van der Waals surface area (Å²) in [6.45, 7) is 3.21. The van der Waals surface area contributed by atoms with E-state index in [9.17, 15) is 0 Å². The van der Waals surface area contributed by atoms with E-state index in [1.54, 1.807) is 0 Å². The lowest BCUT2D eigenvalue weighted by Crippen LogP contribution is -2.14. The second kappa shape index (κ2) is 3.01. The van der Waals surface area contributed by atoms with Gasteiger partial charge in [-0.3, -0.25) is 4.98 Å². The second-order valence-corrected chi connectivity index (χ2v) is 3.18. The fraction of sp³-hybridized carbons (Fsp3) is 0.444. The molecule has 1 aromatic rings.